The molecule has 0 aliphatic heterocycles. The number of nitrogens with zero attached hydrogens (tertiary/aromatic N) is 1. The van der Waals surface area contributed by atoms with Crippen LogP contribution in [-0.4, -0.2) is 28.7 Å². The van der Waals surface area contributed by atoms with Crippen molar-refractivity contribution in [2.45, 2.75) is 11.8 Å². The Morgan fingerprint density at radius 1 is 0.969 bits per heavy atom. The van der Waals surface area contributed by atoms with E-state index in [1.54, 1.807) is 49.4 Å². The van der Waals surface area contributed by atoms with Crippen LogP contribution in [0, 0.1) is 6.92 Å². The molecule has 1 aliphatic carbocycles. The molecule has 0 atom stereocenters. The van der Waals surface area contributed by atoms with Gasteiger partial charge in [0.15, 0.2) is 5.78 Å². The number of benzene rings is 3. The van der Waals surface area contributed by atoms with Gasteiger partial charge in [-0.15, -0.1) is 0 Å². The van der Waals surface area contributed by atoms with E-state index in [1.165, 1.54) is 12.1 Å². The molecule has 0 bridgehead atoms. The van der Waals surface area contributed by atoms with E-state index in [0.717, 1.165) is 0 Å². The van der Waals surface area contributed by atoms with Crippen LogP contribution in [0.25, 0.3) is 22.2 Å². The summed E-state index contributed by atoms with van der Waals surface area (Å²) in [6, 6.07) is 14.4. The molecule has 8 nitrogen and oxygen atoms in total. The second kappa shape index (κ2) is 7.95. The van der Waals surface area contributed by atoms with Crippen molar-refractivity contribution in [1.82, 2.24) is 9.97 Å². The quantitative estimate of drug-likeness (QED) is 0.291. The maximum atomic E-state index is 13.4. The minimum Gasteiger partial charge on any atom is -0.744 e. The largest absolute Gasteiger partial charge is 1.00 e. The van der Waals surface area contributed by atoms with Gasteiger partial charge in [-0.2, -0.15) is 4.98 Å². The summed E-state index contributed by atoms with van der Waals surface area (Å²) in [6.07, 6.45) is 0. The van der Waals surface area contributed by atoms with Gasteiger partial charge in [0, 0.05) is 16.5 Å². The van der Waals surface area contributed by atoms with Gasteiger partial charge < -0.3 is 14.9 Å². The Hall–Kier alpha value is -2.82. The molecule has 1 aliphatic rings. The van der Waals surface area contributed by atoms with Gasteiger partial charge in [-0.1, -0.05) is 30.3 Å². The van der Waals surface area contributed by atoms with Crippen molar-refractivity contribution in [3.05, 3.63) is 81.8 Å². The van der Waals surface area contributed by atoms with Crippen LogP contribution in [0.5, 0.6) is 0 Å². The molecule has 0 unspecified atom stereocenters. The van der Waals surface area contributed by atoms with Crippen molar-refractivity contribution in [3.63, 3.8) is 0 Å². The molecular weight excluding hydrogens is 441 g/mol. The van der Waals surface area contributed by atoms with Crippen LogP contribution < -0.4 is 40.6 Å². The molecule has 0 radical (unpaired) electrons. The number of carbonyl (C=O) groups is 1. The summed E-state index contributed by atoms with van der Waals surface area (Å²) in [5, 5.41) is 3.39. The van der Waals surface area contributed by atoms with Crippen molar-refractivity contribution < 1.29 is 47.3 Å². The van der Waals surface area contributed by atoms with E-state index in [2.05, 4.69) is 15.3 Å². The molecule has 0 amide bonds. The van der Waals surface area contributed by atoms with Gasteiger partial charge in [0.25, 0.3) is 0 Å². The molecule has 2 N–H and O–H groups in total. The van der Waals surface area contributed by atoms with E-state index in [0.29, 0.717) is 39.0 Å². The summed E-state index contributed by atoms with van der Waals surface area (Å²) < 4.78 is 35.3. The molecule has 5 rings (SSSR count). The van der Waals surface area contributed by atoms with Crippen LogP contribution >= 0.6 is 0 Å². The molecular formula is C22H14N3NaO5S. The summed E-state index contributed by atoms with van der Waals surface area (Å²) in [5.74, 6) is -0.302. The molecule has 1 aromatic heterocycles. The molecule has 4 aromatic rings. The van der Waals surface area contributed by atoms with Crippen LogP contribution in [0.4, 0.5) is 11.4 Å². The number of hydrogen-bond donors (Lipinski definition) is 2. The van der Waals surface area contributed by atoms with Gasteiger partial charge in [0.05, 0.1) is 33.0 Å². The third-order valence-corrected chi connectivity index (χ3v) is 6.10. The number of aromatic amines is 1. The summed E-state index contributed by atoms with van der Waals surface area (Å²) in [7, 11) is -4.76. The van der Waals surface area contributed by atoms with Gasteiger partial charge in [-0.3, -0.25) is 4.79 Å². The van der Waals surface area contributed by atoms with Crippen LogP contribution in [0.15, 0.2) is 64.3 Å². The molecule has 0 fully saturated rings. The standard InChI is InChI=1S/C22H15N3O5S.Na/c1-11-6-7-14(17(10-11)31(28,29)30)23-16-9-8-15-18-19(16)21(26)13-5-3-2-4-12(13)20(18)25-22(27)24-15;/h2-10,23H,1H3,(H,24,25,27)(H,28,29,30);/q;+1/p-1. The van der Waals surface area contributed by atoms with Crippen LogP contribution in [0.1, 0.15) is 21.5 Å². The number of anilines is 2. The van der Waals surface area contributed by atoms with E-state index >= 15 is 0 Å². The molecule has 154 valence electrons. The number of carbonyl (C=O) groups excluding carboxylic acids is 1. The minimum absolute atomic E-state index is 0. The van der Waals surface area contributed by atoms with Gasteiger partial charge in [-0.05, 0) is 36.8 Å². The topological polar surface area (TPSA) is 132 Å². The zero-order valence-corrected chi connectivity index (χ0v) is 19.9. The van der Waals surface area contributed by atoms with Crippen molar-refractivity contribution in [2.75, 3.05) is 5.32 Å². The first kappa shape index (κ1) is 22.4. The smallest absolute Gasteiger partial charge is 0.744 e. The van der Waals surface area contributed by atoms with Crippen molar-refractivity contribution in [2.24, 2.45) is 0 Å². The summed E-state index contributed by atoms with van der Waals surface area (Å²) in [6.45, 7) is 1.67. The summed E-state index contributed by atoms with van der Waals surface area (Å²) >= 11 is 0. The SMILES string of the molecule is Cc1ccc(Nc2ccc3[nH]c(=O)nc4c3c2C(=O)c2ccccc2-4)c(S(=O)(=O)[O-])c1.[Na+]. The maximum Gasteiger partial charge on any atom is 1.00 e. The molecule has 3 aromatic carbocycles. The fourth-order valence-corrected chi connectivity index (χ4v) is 4.61. The van der Waals surface area contributed by atoms with Crippen molar-refractivity contribution >= 4 is 38.2 Å². The zero-order chi connectivity index (χ0) is 21.9. The first-order chi connectivity index (χ1) is 14.7. The van der Waals surface area contributed by atoms with E-state index in [-0.39, 0.29) is 46.6 Å². The van der Waals surface area contributed by atoms with Gasteiger partial charge in [-0.25, -0.2) is 13.2 Å². The first-order valence-electron chi connectivity index (χ1n) is 9.29. The van der Waals surface area contributed by atoms with Crippen molar-refractivity contribution in [1.29, 1.82) is 0 Å². The maximum absolute atomic E-state index is 13.4. The number of aryl methyl sites for hydroxylation is 1. The number of H-pyrrole nitrogens is 1. The predicted octanol–water partition coefficient (Wildman–Crippen LogP) is 0.0946. The Kier molecular flexibility index (Phi) is 5.56. The Bertz CT molecular complexity index is 1600. The van der Waals surface area contributed by atoms with E-state index in [9.17, 15) is 22.6 Å². The van der Waals surface area contributed by atoms with E-state index in [1.807, 2.05) is 0 Å². The number of nitrogens with one attached hydrogen (secondary N) is 2. The second-order valence-electron chi connectivity index (χ2n) is 7.25. The van der Waals surface area contributed by atoms with Crippen LogP contribution in [0.2, 0.25) is 0 Å². The fraction of sp³-hybridized carbons (Fsp3) is 0.0455. The molecule has 32 heavy (non-hydrogen) atoms. The van der Waals surface area contributed by atoms with Crippen LogP contribution in [-0.2, 0) is 10.1 Å². The minimum atomic E-state index is -4.76. The van der Waals surface area contributed by atoms with Gasteiger partial charge in [0.2, 0.25) is 0 Å². The second-order valence-corrected chi connectivity index (χ2v) is 8.60. The predicted molar refractivity (Wildman–Crippen MR) is 114 cm³/mol. The van der Waals surface area contributed by atoms with E-state index in [4.69, 9.17) is 0 Å². The average molecular weight is 455 g/mol. The zero-order valence-electron chi connectivity index (χ0n) is 17.1. The third-order valence-electron chi connectivity index (χ3n) is 5.23. The first-order valence-corrected chi connectivity index (χ1v) is 10.7. The number of rotatable bonds is 3. The molecule has 1 heterocycles. The van der Waals surface area contributed by atoms with Gasteiger partial charge >= 0.3 is 35.2 Å². The molecule has 0 spiro atoms. The summed E-state index contributed by atoms with van der Waals surface area (Å²) in [4.78, 5) is 31.8. The van der Waals surface area contributed by atoms with E-state index < -0.39 is 20.7 Å². The molecule has 10 heteroatoms. The third kappa shape index (κ3) is 3.58. The summed E-state index contributed by atoms with van der Waals surface area (Å²) in [5.41, 5.74) is 2.38. The number of aromatic nitrogens is 2. The molecule has 0 saturated heterocycles. The number of fused-ring (bicyclic) bond motifs is 2. The fourth-order valence-electron chi connectivity index (χ4n) is 3.90. The normalized spacial score (nSPS) is 12.2. The number of hydrogen-bond acceptors (Lipinski definition) is 7. The Morgan fingerprint density at radius 2 is 1.66 bits per heavy atom. The Labute approximate surface area is 204 Å². The number of ketones is 1. The van der Waals surface area contributed by atoms with Crippen molar-refractivity contribution in [3.8, 4) is 11.3 Å². The van der Waals surface area contributed by atoms with Gasteiger partial charge in [0.1, 0.15) is 10.1 Å². The Balaban J connectivity index is 0.00000245. The Morgan fingerprint density at radius 3 is 2.38 bits per heavy atom. The monoisotopic (exact) mass is 455 g/mol. The molecule has 0 saturated carbocycles. The average Bonchev–Trinajstić information content (AvgIpc) is 2.72. The van der Waals surface area contributed by atoms with Crippen LogP contribution in [0.3, 0.4) is 0 Å².